The minimum absolute atomic E-state index is 0.232. The van der Waals surface area contributed by atoms with Crippen molar-refractivity contribution in [2.24, 2.45) is 11.3 Å². The Morgan fingerprint density at radius 3 is 2.35 bits per heavy atom. The summed E-state index contributed by atoms with van der Waals surface area (Å²) in [6.45, 7) is 5.04. The summed E-state index contributed by atoms with van der Waals surface area (Å²) in [6, 6.07) is -0.266. The number of carbonyl (C=O) groups excluding carboxylic acids is 1. The topological polar surface area (TPSA) is 78.4 Å². The van der Waals surface area contributed by atoms with Gasteiger partial charge in [0.15, 0.2) is 0 Å². The summed E-state index contributed by atoms with van der Waals surface area (Å²) >= 11 is 0. The van der Waals surface area contributed by atoms with E-state index in [0.29, 0.717) is 25.3 Å². The maximum atomic E-state index is 11.4. The van der Waals surface area contributed by atoms with Gasteiger partial charge in [-0.2, -0.15) is 0 Å². The van der Waals surface area contributed by atoms with Gasteiger partial charge in [0.1, 0.15) is 0 Å². The summed E-state index contributed by atoms with van der Waals surface area (Å²) in [7, 11) is 0. The second-order valence-corrected chi connectivity index (χ2v) is 5.23. The van der Waals surface area contributed by atoms with Crippen molar-refractivity contribution < 1.29 is 14.7 Å². The lowest BCUT2D eigenvalue weighted by Crippen LogP contribution is -2.49. The highest BCUT2D eigenvalue weighted by atomic mass is 16.4. The molecular formula is C12H22N2O3. The fourth-order valence-electron chi connectivity index (χ4n) is 1.86. The smallest absolute Gasteiger partial charge is 0.314 e. The van der Waals surface area contributed by atoms with Crippen molar-refractivity contribution in [3.63, 3.8) is 0 Å². The molecule has 1 aliphatic carbocycles. The van der Waals surface area contributed by atoms with E-state index in [4.69, 9.17) is 5.11 Å². The van der Waals surface area contributed by atoms with E-state index in [-0.39, 0.29) is 12.6 Å². The number of urea groups is 1. The second-order valence-electron chi connectivity index (χ2n) is 5.23. The third-order valence-corrected chi connectivity index (χ3v) is 3.36. The molecule has 1 aliphatic rings. The van der Waals surface area contributed by atoms with Crippen LogP contribution in [-0.2, 0) is 4.79 Å². The van der Waals surface area contributed by atoms with Gasteiger partial charge >= 0.3 is 12.0 Å². The summed E-state index contributed by atoms with van der Waals surface area (Å²) in [4.78, 5) is 22.5. The number of hydrogen-bond donors (Lipinski definition) is 3. The summed E-state index contributed by atoms with van der Waals surface area (Å²) in [5.41, 5.74) is -0.713. The monoisotopic (exact) mass is 242 g/mol. The van der Waals surface area contributed by atoms with Crippen molar-refractivity contribution in [1.29, 1.82) is 0 Å². The molecule has 0 heterocycles. The molecule has 5 nitrogen and oxygen atoms in total. The average molecular weight is 242 g/mol. The standard InChI is InChI=1S/C12H22N2O3/c1-9(2)4-7-13-11(17)14-8-12(10(15)16)5-3-6-12/h9H,3-8H2,1-2H3,(H,15,16)(H2,13,14,17). The zero-order chi connectivity index (χ0) is 12.9. The number of rotatable bonds is 6. The van der Waals surface area contributed by atoms with Crippen LogP contribution in [0.15, 0.2) is 0 Å². The Bertz CT molecular complexity index is 285. The van der Waals surface area contributed by atoms with Crippen molar-refractivity contribution in [3.05, 3.63) is 0 Å². The first-order valence-corrected chi connectivity index (χ1v) is 6.21. The van der Waals surface area contributed by atoms with Crippen LogP contribution in [0.4, 0.5) is 4.79 Å². The second kappa shape index (κ2) is 5.89. The van der Waals surface area contributed by atoms with E-state index in [2.05, 4.69) is 24.5 Å². The molecule has 5 heteroatoms. The molecule has 1 fully saturated rings. The van der Waals surface area contributed by atoms with Gasteiger partial charge in [0.25, 0.3) is 0 Å². The van der Waals surface area contributed by atoms with Crippen molar-refractivity contribution in [3.8, 4) is 0 Å². The van der Waals surface area contributed by atoms with Crippen LogP contribution in [0, 0.1) is 11.3 Å². The summed E-state index contributed by atoms with van der Waals surface area (Å²) in [5.74, 6) is -0.251. The Morgan fingerprint density at radius 2 is 1.94 bits per heavy atom. The zero-order valence-corrected chi connectivity index (χ0v) is 10.6. The molecule has 3 N–H and O–H groups in total. The fourth-order valence-corrected chi connectivity index (χ4v) is 1.86. The molecule has 98 valence electrons. The fraction of sp³-hybridized carbons (Fsp3) is 0.833. The SMILES string of the molecule is CC(C)CCNC(=O)NCC1(C(=O)O)CCC1. The highest BCUT2D eigenvalue weighted by Crippen LogP contribution is 2.40. The maximum absolute atomic E-state index is 11.4. The number of nitrogens with one attached hydrogen (secondary N) is 2. The Balaban J connectivity index is 2.21. The van der Waals surface area contributed by atoms with E-state index < -0.39 is 11.4 Å². The molecule has 0 spiro atoms. The van der Waals surface area contributed by atoms with Gasteiger partial charge < -0.3 is 15.7 Å². The molecule has 0 bridgehead atoms. The Kier molecular flexibility index (Phi) is 4.78. The van der Waals surface area contributed by atoms with Crippen LogP contribution in [0.1, 0.15) is 39.5 Å². The van der Waals surface area contributed by atoms with Crippen LogP contribution in [0.5, 0.6) is 0 Å². The molecule has 17 heavy (non-hydrogen) atoms. The van der Waals surface area contributed by atoms with E-state index >= 15 is 0 Å². The molecule has 0 aromatic carbocycles. The van der Waals surface area contributed by atoms with Gasteiger partial charge in [0.05, 0.1) is 5.41 Å². The first-order chi connectivity index (χ1) is 7.96. The van der Waals surface area contributed by atoms with Crippen LogP contribution >= 0.6 is 0 Å². The lowest BCUT2D eigenvalue weighted by atomic mass is 9.69. The maximum Gasteiger partial charge on any atom is 0.314 e. The molecule has 0 aliphatic heterocycles. The molecule has 1 rings (SSSR count). The van der Waals surface area contributed by atoms with E-state index in [0.717, 1.165) is 12.8 Å². The van der Waals surface area contributed by atoms with Crippen molar-refractivity contribution in [2.75, 3.05) is 13.1 Å². The van der Waals surface area contributed by atoms with Crippen molar-refractivity contribution >= 4 is 12.0 Å². The van der Waals surface area contributed by atoms with Crippen LogP contribution in [0.25, 0.3) is 0 Å². The third kappa shape index (κ3) is 3.91. The van der Waals surface area contributed by atoms with Gasteiger partial charge in [0.2, 0.25) is 0 Å². The largest absolute Gasteiger partial charge is 0.481 e. The number of aliphatic carboxylic acids is 1. The van der Waals surface area contributed by atoms with Crippen LogP contribution < -0.4 is 10.6 Å². The minimum atomic E-state index is -0.800. The van der Waals surface area contributed by atoms with E-state index in [9.17, 15) is 9.59 Å². The normalized spacial score (nSPS) is 17.4. The molecule has 0 radical (unpaired) electrons. The molecule has 1 saturated carbocycles. The van der Waals surface area contributed by atoms with E-state index in [1.807, 2.05) is 0 Å². The predicted octanol–water partition coefficient (Wildman–Crippen LogP) is 1.59. The molecule has 0 aromatic rings. The number of carboxylic acids is 1. The highest BCUT2D eigenvalue weighted by Gasteiger charge is 2.44. The molecular weight excluding hydrogens is 220 g/mol. The molecule has 0 saturated heterocycles. The van der Waals surface area contributed by atoms with Gasteiger partial charge in [-0.1, -0.05) is 20.3 Å². The van der Waals surface area contributed by atoms with Gasteiger partial charge in [-0.25, -0.2) is 4.79 Å². The Labute approximate surface area is 102 Å². The number of carbonyl (C=O) groups is 2. The zero-order valence-electron chi connectivity index (χ0n) is 10.6. The molecule has 0 atom stereocenters. The first-order valence-electron chi connectivity index (χ1n) is 6.21. The van der Waals surface area contributed by atoms with E-state index in [1.54, 1.807) is 0 Å². The minimum Gasteiger partial charge on any atom is -0.481 e. The van der Waals surface area contributed by atoms with Gasteiger partial charge in [-0.05, 0) is 25.2 Å². The first kappa shape index (κ1) is 13.8. The Hall–Kier alpha value is -1.26. The molecule has 2 amide bonds. The van der Waals surface area contributed by atoms with Gasteiger partial charge in [-0.15, -0.1) is 0 Å². The quantitative estimate of drug-likeness (QED) is 0.661. The van der Waals surface area contributed by atoms with Crippen LogP contribution in [0.3, 0.4) is 0 Å². The summed E-state index contributed by atoms with van der Waals surface area (Å²) in [6.07, 6.45) is 3.18. The van der Waals surface area contributed by atoms with Gasteiger partial charge in [0, 0.05) is 13.1 Å². The number of hydrogen-bond acceptors (Lipinski definition) is 2. The van der Waals surface area contributed by atoms with Crippen molar-refractivity contribution in [1.82, 2.24) is 10.6 Å². The van der Waals surface area contributed by atoms with Crippen LogP contribution in [-0.4, -0.2) is 30.2 Å². The molecule has 0 unspecified atom stereocenters. The lowest BCUT2D eigenvalue weighted by Gasteiger charge is -2.37. The number of carboxylic acid groups (broad SMARTS) is 1. The van der Waals surface area contributed by atoms with Crippen molar-refractivity contribution in [2.45, 2.75) is 39.5 Å². The van der Waals surface area contributed by atoms with E-state index in [1.165, 1.54) is 0 Å². The third-order valence-electron chi connectivity index (χ3n) is 3.36. The summed E-state index contributed by atoms with van der Waals surface area (Å²) in [5, 5.41) is 14.5. The lowest BCUT2D eigenvalue weighted by molar-refractivity contribution is -0.153. The highest BCUT2D eigenvalue weighted by molar-refractivity contribution is 5.78. The molecule has 0 aromatic heterocycles. The summed E-state index contributed by atoms with van der Waals surface area (Å²) < 4.78 is 0. The van der Waals surface area contributed by atoms with Gasteiger partial charge in [-0.3, -0.25) is 4.79 Å². The average Bonchev–Trinajstić information content (AvgIpc) is 2.14. The van der Waals surface area contributed by atoms with Crippen LogP contribution in [0.2, 0.25) is 0 Å². The number of amides is 2. The predicted molar refractivity (Wildman–Crippen MR) is 64.8 cm³/mol. The Morgan fingerprint density at radius 1 is 1.29 bits per heavy atom.